The number of nitrogens with zero attached hydrogens (tertiary/aromatic N) is 2. The molecule has 2 fully saturated rings. The van der Waals surface area contributed by atoms with Crippen LogP contribution in [-0.2, 0) is 4.79 Å². The first-order chi connectivity index (χ1) is 10.6. The summed E-state index contributed by atoms with van der Waals surface area (Å²) < 4.78 is 0. The maximum absolute atomic E-state index is 12.0. The van der Waals surface area contributed by atoms with E-state index in [1.807, 2.05) is 0 Å². The molecule has 6 nitrogen and oxygen atoms in total. The van der Waals surface area contributed by atoms with Crippen LogP contribution in [0.4, 0.5) is 0 Å². The van der Waals surface area contributed by atoms with Crippen molar-refractivity contribution in [2.45, 2.75) is 37.8 Å². The van der Waals surface area contributed by atoms with Gasteiger partial charge in [-0.2, -0.15) is 0 Å². The molecule has 0 atom stereocenters. The highest BCUT2D eigenvalue weighted by atomic mass is 16.4. The summed E-state index contributed by atoms with van der Waals surface area (Å²) in [7, 11) is 0. The molecule has 1 amide bonds. The number of rotatable bonds is 7. The molecule has 118 valence electrons. The van der Waals surface area contributed by atoms with E-state index < -0.39 is 5.97 Å². The van der Waals surface area contributed by atoms with Crippen molar-refractivity contribution in [1.82, 2.24) is 15.2 Å². The van der Waals surface area contributed by atoms with Gasteiger partial charge in [0.15, 0.2) is 0 Å². The number of carboxylic acids is 1. The van der Waals surface area contributed by atoms with E-state index in [9.17, 15) is 9.59 Å². The molecule has 3 rings (SSSR count). The first-order valence-corrected chi connectivity index (χ1v) is 7.79. The van der Waals surface area contributed by atoms with Gasteiger partial charge >= 0.3 is 5.97 Å². The van der Waals surface area contributed by atoms with Crippen molar-refractivity contribution in [3.8, 4) is 0 Å². The molecule has 0 saturated heterocycles. The minimum atomic E-state index is -0.776. The second-order valence-electron chi connectivity index (χ2n) is 6.28. The largest absolute Gasteiger partial charge is 0.480 e. The van der Waals surface area contributed by atoms with E-state index >= 15 is 0 Å². The Hall–Kier alpha value is -1.95. The van der Waals surface area contributed by atoms with Gasteiger partial charge in [0.25, 0.3) is 5.91 Å². The van der Waals surface area contributed by atoms with Gasteiger partial charge in [-0.3, -0.25) is 19.5 Å². The molecule has 1 aromatic rings. The standard InChI is InChI=1S/C16H21N3O3/c20-15(21)10-19(9-11-4-5-11)13-7-12(8-13)18-16(22)14-3-1-2-6-17-14/h1-3,6,11-13H,4-5,7-10H2,(H,18,22)(H,20,21). The molecular formula is C16H21N3O3. The Balaban J connectivity index is 1.47. The Morgan fingerprint density at radius 3 is 2.68 bits per heavy atom. The molecule has 2 aliphatic carbocycles. The van der Waals surface area contributed by atoms with Crippen molar-refractivity contribution in [3.05, 3.63) is 30.1 Å². The molecule has 2 saturated carbocycles. The van der Waals surface area contributed by atoms with E-state index in [1.165, 1.54) is 12.8 Å². The van der Waals surface area contributed by atoms with Crippen LogP contribution in [-0.4, -0.2) is 52.0 Å². The number of pyridine rings is 1. The number of carboxylic acid groups (broad SMARTS) is 1. The van der Waals surface area contributed by atoms with Crippen molar-refractivity contribution in [2.24, 2.45) is 5.92 Å². The maximum atomic E-state index is 12.0. The molecule has 0 spiro atoms. The van der Waals surface area contributed by atoms with Gasteiger partial charge in [0.05, 0.1) is 6.54 Å². The van der Waals surface area contributed by atoms with Crippen LogP contribution in [0.2, 0.25) is 0 Å². The molecule has 0 radical (unpaired) electrons. The average molecular weight is 303 g/mol. The van der Waals surface area contributed by atoms with Crippen molar-refractivity contribution in [1.29, 1.82) is 0 Å². The molecule has 1 aromatic heterocycles. The quantitative estimate of drug-likeness (QED) is 0.789. The van der Waals surface area contributed by atoms with Gasteiger partial charge in [0, 0.05) is 24.8 Å². The third kappa shape index (κ3) is 3.82. The molecule has 0 aliphatic heterocycles. The summed E-state index contributed by atoms with van der Waals surface area (Å²) in [4.78, 5) is 29.1. The van der Waals surface area contributed by atoms with Crippen molar-refractivity contribution < 1.29 is 14.7 Å². The van der Waals surface area contributed by atoms with Crippen LogP contribution < -0.4 is 5.32 Å². The van der Waals surface area contributed by atoms with E-state index in [0.29, 0.717) is 11.6 Å². The van der Waals surface area contributed by atoms with E-state index in [1.54, 1.807) is 24.4 Å². The van der Waals surface area contributed by atoms with Crippen LogP contribution in [0.5, 0.6) is 0 Å². The van der Waals surface area contributed by atoms with Crippen LogP contribution in [0.25, 0.3) is 0 Å². The number of hydrogen-bond acceptors (Lipinski definition) is 4. The number of aliphatic carboxylic acids is 1. The zero-order valence-electron chi connectivity index (χ0n) is 12.4. The number of carbonyl (C=O) groups excluding carboxylic acids is 1. The highest BCUT2D eigenvalue weighted by molar-refractivity contribution is 5.92. The lowest BCUT2D eigenvalue weighted by molar-refractivity contribution is -0.139. The van der Waals surface area contributed by atoms with Gasteiger partial charge in [0.1, 0.15) is 5.69 Å². The fourth-order valence-corrected chi connectivity index (χ4v) is 2.91. The highest BCUT2D eigenvalue weighted by Gasteiger charge is 2.37. The Bertz CT molecular complexity index is 539. The Morgan fingerprint density at radius 2 is 2.09 bits per heavy atom. The van der Waals surface area contributed by atoms with E-state index in [-0.39, 0.29) is 24.5 Å². The summed E-state index contributed by atoms with van der Waals surface area (Å²) in [5.74, 6) is -0.265. The third-order valence-electron chi connectivity index (χ3n) is 4.39. The van der Waals surface area contributed by atoms with Crippen LogP contribution in [0.15, 0.2) is 24.4 Å². The minimum Gasteiger partial charge on any atom is -0.480 e. The van der Waals surface area contributed by atoms with Crippen LogP contribution in [0.3, 0.4) is 0 Å². The molecular weight excluding hydrogens is 282 g/mol. The van der Waals surface area contributed by atoms with Crippen LogP contribution >= 0.6 is 0 Å². The fraction of sp³-hybridized carbons (Fsp3) is 0.562. The predicted octanol–water partition coefficient (Wildman–Crippen LogP) is 1.14. The van der Waals surface area contributed by atoms with Gasteiger partial charge in [-0.05, 0) is 43.7 Å². The molecule has 0 bridgehead atoms. The van der Waals surface area contributed by atoms with Gasteiger partial charge in [0.2, 0.25) is 0 Å². The Morgan fingerprint density at radius 1 is 1.32 bits per heavy atom. The molecule has 2 N–H and O–H groups in total. The molecule has 22 heavy (non-hydrogen) atoms. The number of nitrogens with one attached hydrogen (secondary N) is 1. The monoisotopic (exact) mass is 303 g/mol. The zero-order valence-corrected chi connectivity index (χ0v) is 12.4. The van der Waals surface area contributed by atoms with Gasteiger partial charge in [-0.25, -0.2) is 0 Å². The van der Waals surface area contributed by atoms with Crippen molar-refractivity contribution >= 4 is 11.9 Å². The first kappa shape index (κ1) is 15.0. The smallest absolute Gasteiger partial charge is 0.317 e. The van der Waals surface area contributed by atoms with Crippen LogP contribution in [0.1, 0.15) is 36.2 Å². The zero-order chi connectivity index (χ0) is 15.5. The summed E-state index contributed by atoms with van der Waals surface area (Å²) in [5, 5.41) is 12.0. The molecule has 1 heterocycles. The van der Waals surface area contributed by atoms with E-state index in [0.717, 1.165) is 19.4 Å². The van der Waals surface area contributed by atoms with E-state index in [2.05, 4.69) is 15.2 Å². The molecule has 0 aromatic carbocycles. The van der Waals surface area contributed by atoms with Crippen molar-refractivity contribution in [2.75, 3.05) is 13.1 Å². The lowest BCUT2D eigenvalue weighted by Gasteiger charge is -2.42. The van der Waals surface area contributed by atoms with E-state index in [4.69, 9.17) is 5.11 Å². The van der Waals surface area contributed by atoms with Crippen molar-refractivity contribution in [3.63, 3.8) is 0 Å². The third-order valence-corrected chi connectivity index (χ3v) is 4.39. The number of aromatic nitrogens is 1. The topological polar surface area (TPSA) is 82.5 Å². The van der Waals surface area contributed by atoms with Gasteiger partial charge < -0.3 is 10.4 Å². The second kappa shape index (κ2) is 6.44. The highest BCUT2D eigenvalue weighted by Crippen LogP contribution is 2.33. The maximum Gasteiger partial charge on any atom is 0.317 e. The summed E-state index contributed by atoms with van der Waals surface area (Å²) in [6.07, 6.45) is 5.66. The fourth-order valence-electron chi connectivity index (χ4n) is 2.91. The lowest BCUT2D eigenvalue weighted by Crippen LogP contribution is -2.55. The summed E-state index contributed by atoms with van der Waals surface area (Å²) >= 11 is 0. The SMILES string of the molecule is O=C(O)CN(CC1CC1)C1CC(NC(=O)c2ccccn2)C1. The number of hydrogen-bond donors (Lipinski definition) is 2. The van der Waals surface area contributed by atoms with Crippen LogP contribution in [0, 0.1) is 5.92 Å². The van der Waals surface area contributed by atoms with Gasteiger partial charge in [-0.1, -0.05) is 6.07 Å². The predicted molar refractivity (Wildman–Crippen MR) is 80.4 cm³/mol. The molecule has 0 unspecified atom stereocenters. The Kier molecular flexibility index (Phi) is 4.38. The second-order valence-corrected chi connectivity index (χ2v) is 6.28. The summed E-state index contributed by atoms with van der Waals surface area (Å²) in [6.45, 7) is 0.972. The minimum absolute atomic E-state index is 0.0993. The number of carbonyl (C=O) groups is 2. The first-order valence-electron chi connectivity index (χ1n) is 7.79. The molecule has 2 aliphatic rings. The molecule has 6 heteroatoms. The average Bonchev–Trinajstić information content (AvgIpc) is 3.26. The van der Waals surface area contributed by atoms with Gasteiger partial charge in [-0.15, -0.1) is 0 Å². The summed E-state index contributed by atoms with van der Waals surface area (Å²) in [5.41, 5.74) is 0.423. The lowest BCUT2D eigenvalue weighted by atomic mass is 9.85. The Labute approximate surface area is 129 Å². The normalized spacial score (nSPS) is 23.9. The summed E-state index contributed by atoms with van der Waals surface area (Å²) in [6, 6.07) is 5.64. The number of amides is 1.